The number of hydrogen-bond acceptors (Lipinski definition) is 6. The standard InChI is InChI=1S/C19H18N2O3S2/c22-14(10-12-4-6-13(7-5-12)18(23)24)15-11-16-17(25-15)20-19(26-16)21-8-2-1-3-9-21/h4-7,11H,1-3,8-10H2,(H,23,24). The number of carbonyl (C=O) groups excluding carboxylic acids is 1. The van der Waals surface area contributed by atoms with Crippen LogP contribution in [-0.2, 0) is 6.42 Å². The minimum Gasteiger partial charge on any atom is -0.478 e. The van der Waals surface area contributed by atoms with E-state index in [1.54, 1.807) is 23.5 Å². The second kappa shape index (κ2) is 7.17. The van der Waals surface area contributed by atoms with Crippen molar-refractivity contribution in [3.63, 3.8) is 0 Å². The third-order valence-electron chi connectivity index (χ3n) is 4.55. The molecule has 1 aromatic carbocycles. The molecule has 3 aromatic rings. The number of carboxylic acid groups (broad SMARTS) is 1. The van der Waals surface area contributed by atoms with Gasteiger partial charge in [0.15, 0.2) is 10.9 Å². The van der Waals surface area contributed by atoms with Crippen LogP contribution in [0.3, 0.4) is 0 Å². The predicted molar refractivity (Wildman–Crippen MR) is 105 cm³/mol. The molecule has 26 heavy (non-hydrogen) atoms. The Kier molecular flexibility index (Phi) is 4.74. The van der Waals surface area contributed by atoms with Gasteiger partial charge in [0.1, 0.15) is 4.83 Å². The maximum absolute atomic E-state index is 12.5. The highest BCUT2D eigenvalue weighted by atomic mass is 32.1. The number of anilines is 1. The van der Waals surface area contributed by atoms with Crippen molar-refractivity contribution in [2.75, 3.05) is 18.0 Å². The number of aromatic nitrogens is 1. The molecule has 2 aromatic heterocycles. The Morgan fingerprint density at radius 3 is 2.46 bits per heavy atom. The van der Waals surface area contributed by atoms with Crippen LogP contribution in [0.1, 0.15) is 44.9 Å². The van der Waals surface area contributed by atoms with E-state index in [0.29, 0.717) is 4.88 Å². The number of piperidine rings is 1. The molecule has 0 atom stereocenters. The van der Waals surface area contributed by atoms with Crippen molar-refractivity contribution in [3.8, 4) is 0 Å². The number of aromatic carboxylic acids is 1. The first-order valence-corrected chi connectivity index (χ1v) is 10.2. The molecule has 0 spiro atoms. The van der Waals surface area contributed by atoms with E-state index in [9.17, 15) is 9.59 Å². The van der Waals surface area contributed by atoms with E-state index in [-0.39, 0.29) is 17.8 Å². The van der Waals surface area contributed by atoms with Crippen molar-refractivity contribution in [1.29, 1.82) is 0 Å². The number of thiazole rings is 1. The third-order valence-corrected chi connectivity index (χ3v) is 6.81. The topological polar surface area (TPSA) is 70.5 Å². The molecule has 7 heteroatoms. The van der Waals surface area contributed by atoms with Gasteiger partial charge >= 0.3 is 5.97 Å². The highest BCUT2D eigenvalue weighted by Crippen LogP contribution is 2.36. The maximum atomic E-state index is 12.5. The molecule has 0 unspecified atom stereocenters. The number of ketones is 1. The lowest BCUT2D eigenvalue weighted by Crippen LogP contribution is -2.29. The second-order valence-electron chi connectivity index (χ2n) is 6.43. The summed E-state index contributed by atoms with van der Waals surface area (Å²) in [6.07, 6.45) is 4.00. The van der Waals surface area contributed by atoms with E-state index in [1.165, 1.54) is 42.7 Å². The Morgan fingerprint density at radius 2 is 1.81 bits per heavy atom. The van der Waals surface area contributed by atoms with Crippen molar-refractivity contribution in [1.82, 2.24) is 4.98 Å². The highest BCUT2D eigenvalue weighted by molar-refractivity contribution is 7.29. The average molecular weight is 386 g/mol. The number of fused-ring (bicyclic) bond motifs is 1. The zero-order valence-corrected chi connectivity index (χ0v) is 15.7. The van der Waals surface area contributed by atoms with Gasteiger partial charge in [-0.2, -0.15) is 0 Å². The lowest BCUT2D eigenvalue weighted by atomic mass is 10.1. The summed E-state index contributed by atoms with van der Waals surface area (Å²) >= 11 is 3.11. The van der Waals surface area contributed by atoms with Crippen LogP contribution in [-0.4, -0.2) is 34.9 Å². The lowest BCUT2D eigenvalue weighted by molar-refractivity contribution is 0.0696. The molecule has 1 saturated heterocycles. The SMILES string of the molecule is O=C(O)c1ccc(CC(=O)c2cc3sc(N4CCCCC4)nc3s2)cc1. The summed E-state index contributed by atoms with van der Waals surface area (Å²) in [7, 11) is 0. The fourth-order valence-corrected chi connectivity index (χ4v) is 5.32. The van der Waals surface area contributed by atoms with Gasteiger partial charge in [-0.25, -0.2) is 9.78 Å². The average Bonchev–Trinajstić information content (AvgIpc) is 3.22. The van der Waals surface area contributed by atoms with E-state index in [4.69, 9.17) is 10.1 Å². The van der Waals surface area contributed by atoms with Crippen LogP contribution in [0, 0.1) is 0 Å². The van der Waals surface area contributed by atoms with Crippen molar-refractivity contribution in [3.05, 3.63) is 46.3 Å². The summed E-state index contributed by atoms with van der Waals surface area (Å²) in [6.45, 7) is 2.14. The van der Waals surface area contributed by atoms with Gasteiger partial charge in [0.2, 0.25) is 0 Å². The van der Waals surface area contributed by atoms with Gasteiger partial charge in [-0.3, -0.25) is 4.79 Å². The van der Waals surface area contributed by atoms with Crippen LogP contribution in [0.4, 0.5) is 5.13 Å². The molecular weight excluding hydrogens is 368 g/mol. The van der Waals surface area contributed by atoms with Crippen LogP contribution >= 0.6 is 22.7 Å². The van der Waals surface area contributed by atoms with Gasteiger partial charge in [-0.05, 0) is 43.0 Å². The van der Waals surface area contributed by atoms with Crippen molar-refractivity contribution in [2.24, 2.45) is 0 Å². The number of thiophene rings is 1. The van der Waals surface area contributed by atoms with Crippen LogP contribution in [0.25, 0.3) is 9.53 Å². The molecule has 1 aliphatic rings. The molecule has 5 nitrogen and oxygen atoms in total. The van der Waals surface area contributed by atoms with Crippen molar-refractivity contribution in [2.45, 2.75) is 25.7 Å². The zero-order chi connectivity index (χ0) is 18.1. The van der Waals surface area contributed by atoms with Gasteiger partial charge in [0, 0.05) is 19.5 Å². The molecule has 0 amide bonds. The number of Topliss-reactive ketones (excluding diaryl/α,β-unsaturated/α-hetero) is 1. The summed E-state index contributed by atoms with van der Waals surface area (Å²) in [6, 6.07) is 8.40. The van der Waals surface area contributed by atoms with Gasteiger partial charge < -0.3 is 10.0 Å². The van der Waals surface area contributed by atoms with Crippen LogP contribution in [0.2, 0.25) is 0 Å². The van der Waals surface area contributed by atoms with E-state index >= 15 is 0 Å². The molecule has 0 saturated carbocycles. The number of benzene rings is 1. The quantitative estimate of drug-likeness (QED) is 0.655. The third kappa shape index (κ3) is 3.50. The van der Waals surface area contributed by atoms with E-state index in [2.05, 4.69) is 4.90 Å². The number of carbonyl (C=O) groups is 2. The molecule has 1 aliphatic heterocycles. The van der Waals surface area contributed by atoms with Crippen molar-refractivity contribution < 1.29 is 14.7 Å². The highest BCUT2D eigenvalue weighted by Gasteiger charge is 2.18. The molecule has 0 bridgehead atoms. The monoisotopic (exact) mass is 386 g/mol. The predicted octanol–water partition coefficient (Wildman–Crippen LogP) is 4.47. The number of carboxylic acids is 1. The number of hydrogen-bond donors (Lipinski definition) is 1. The lowest BCUT2D eigenvalue weighted by Gasteiger charge is -2.25. The fourth-order valence-electron chi connectivity index (χ4n) is 3.12. The van der Waals surface area contributed by atoms with Crippen LogP contribution < -0.4 is 4.90 Å². The minimum atomic E-state index is -0.961. The smallest absolute Gasteiger partial charge is 0.335 e. The van der Waals surface area contributed by atoms with E-state index in [1.807, 2.05) is 6.07 Å². The summed E-state index contributed by atoms with van der Waals surface area (Å²) < 4.78 is 1.07. The van der Waals surface area contributed by atoms with Crippen LogP contribution in [0.15, 0.2) is 30.3 Å². The Bertz CT molecular complexity index is 921. The summed E-state index contributed by atoms with van der Waals surface area (Å²) in [4.78, 5) is 32.1. The van der Waals surface area contributed by atoms with Gasteiger partial charge in [0.05, 0.1) is 15.1 Å². The molecule has 4 rings (SSSR count). The van der Waals surface area contributed by atoms with Gasteiger partial charge in [0.25, 0.3) is 0 Å². The molecule has 1 fully saturated rings. The maximum Gasteiger partial charge on any atom is 0.335 e. The molecular formula is C19H18N2O3S2. The first-order chi connectivity index (χ1) is 12.6. The summed E-state index contributed by atoms with van der Waals surface area (Å²) in [5.41, 5.74) is 1.05. The summed E-state index contributed by atoms with van der Waals surface area (Å²) in [5, 5.41) is 10.00. The second-order valence-corrected chi connectivity index (χ2v) is 8.47. The first kappa shape index (κ1) is 17.2. The summed E-state index contributed by atoms with van der Waals surface area (Å²) in [5.74, 6) is -0.917. The van der Waals surface area contributed by atoms with E-state index < -0.39 is 5.97 Å². The minimum absolute atomic E-state index is 0.0443. The van der Waals surface area contributed by atoms with Crippen molar-refractivity contribution >= 4 is 49.1 Å². The Hall–Kier alpha value is -2.25. The Balaban J connectivity index is 1.48. The fraction of sp³-hybridized carbons (Fsp3) is 0.316. The normalized spacial score (nSPS) is 14.7. The molecule has 1 N–H and O–H groups in total. The van der Waals surface area contributed by atoms with Gasteiger partial charge in [-0.15, -0.1) is 11.3 Å². The molecule has 0 radical (unpaired) electrons. The first-order valence-electron chi connectivity index (χ1n) is 8.61. The number of rotatable bonds is 5. The molecule has 134 valence electrons. The van der Waals surface area contributed by atoms with E-state index in [0.717, 1.165) is 33.3 Å². The zero-order valence-electron chi connectivity index (χ0n) is 14.1. The van der Waals surface area contributed by atoms with Crippen LogP contribution in [0.5, 0.6) is 0 Å². The molecule has 3 heterocycles. The largest absolute Gasteiger partial charge is 0.478 e. The van der Waals surface area contributed by atoms with Gasteiger partial charge in [-0.1, -0.05) is 23.5 Å². The Morgan fingerprint density at radius 1 is 1.08 bits per heavy atom. The number of nitrogens with zero attached hydrogens (tertiary/aromatic N) is 2. The Labute approximate surface area is 158 Å². The molecule has 0 aliphatic carbocycles.